The van der Waals surface area contributed by atoms with Gasteiger partial charge < -0.3 is 4.90 Å². The van der Waals surface area contributed by atoms with Crippen molar-refractivity contribution in [1.82, 2.24) is 9.80 Å². The molecule has 1 aromatic rings. The van der Waals surface area contributed by atoms with Crippen LogP contribution in [0.4, 0.5) is 0 Å². The second-order valence-electron chi connectivity index (χ2n) is 6.68. The number of rotatable bonds is 4. The maximum Gasteiger partial charge on any atom is 0.226 e. The molecule has 0 bridgehead atoms. The topological polar surface area (TPSA) is 23.6 Å². The number of nitrogens with zero attached hydrogens (tertiary/aromatic N) is 2. The number of carbonyl (C=O) groups excluding carboxylic acids is 1. The van der Waals surface area contributed by atoms with Gasteiger partial charge in [-0.25, -0.2) is 0 Å². The number of likely N-dealkylation sites (tertiary alicyclic amines) is 1. The lowest BCUT2D eigenvalue weighted by Gasteiger charge is -2.37. The highest BCUT2D eigenvalue weighted by molar-refractivity contribution is 5.79. The number of hydrogen-bond donors (Lipinski definition) is 0. The van der Waals surface area contributed by atoms with E-state index in [9.17, 15) is 4.79 Å². The molecule has 0 spiro atoms. The maximum atomic E-state index is 12.6. The summed E-state index contributed by atoms with van der Waals surface area (Å²) in [6, 6.07) is 9.41. The molecule has 1 atom stereocenters. The second kappa shape index (κ2) is 6.82. The summed E-state index contributed by atoms with van der Waals surface area (Å²) in [5, 5.41) is 0. The molecule has 0 aromatic heterocycles. The van der Waals surface area contributed by atoms with Gasteiger partial charge in [0.2, 0.25) is 5.91 Å². The largest absolute Gasteiger partial charge is 0.343 e. The minimum absolute atomic E-state index is 0.206. The van der Waals surface area contributed by atoms with Gasteiger partial charge in [0.15, 0.2) is 0 Å². The summed E-state index contributed by atoms with van der Waals surface area (Å²) in [6.07, 6.45) is 4.53. The number of benzene rings is 1. The van der Waals surface area contributed by atoms with Gasteiger partial charge in [-0.05, 0) is 57.2 Å². The van der Waals surface area contributed by atoms with Gasteiger partial charge in [0.1, 0.15) is 0 Å². The minimum Gasteiger partial charge on any atom is -0.343 e. The first-order valence-electron chi connectivity index (χ1n) is 8.82. The summed E-state index contributed by atoms with van der Waals surface area (Å²) in [5.74, 6) is 0.572. The Balaban J connectivity index is 1.63. The Labute approximate surface area is 134 Å². The molecule has 2 aliphatic rings. The van der Waals surface area contributed by atoms with Crippen molar-refractivity contribution in [3.8, 4) is 0 Å². The average Bonchev–Trinajstić information content (AvgIpc) is 3.00. The first-order chi connectivity index (χ1) is 10.7. The van der Waals surface area contributed by atoms with E-state index in [0.29, 0.717) is 11.9 Å². The van der Waals surface area contributed by atoms with E-state index in [2.05, 4.69) is 43.0 Å². The molecule has 1 amide bonds. The zero-order valence-corrected chi connectivity index (χ0v) is 13.9. The van der Waals surface area contributed by atoms with Crippen molar-refractivity contribution in [2.45, 2.75) is 45.6 Å². The van der Waals surface area contributed by atoms with Crippen LogP contribution in [0.3, 0.4) is 0 Å². The van der Waals surface area contributed by atoms with Gasteiger partial charge >= 0.3 is 0 Å². The van der Waals surface area contributed by atoms with Crippen molar-refractivity contribution in [3.63, 3.8) is 0 Å². The molecular formula is C19H28N2O. The average molecular weight is 300 g/mol. The lowest BCUT2D eigenvalue weighted by Crippen LogP contribution is -2.48. The van der Waals surface area contributed by atoms with Crippen LogP contribution < -0.4 is 0 Å². The summed E-state index contributed by atoms with van der Waals surface area (Å²) in [4.78, 5) is 17.2. The molecule has 3 nitrogen and oxygen atoms in total. The van der Waals surface area contributed by atoms with Crippen LogP contribution in [0.2, 0.25) is 0 Å². The van der Waals surface area contributed by atoms with Crippen LogP contribution >= 0.6 is 0 Å². The fraction of sp³-hybridized carbons (Fsp3) is 0.632. The van der Waals surface area contributed by atoms with Gasteiger partial charge in [0.25, 0.3) is 0 Å². The molecule has 1 aliphatic heterocycles. The SMILES string of the molecule is CCN(CC)C(=O)C1CCCN(C2Cc3ccccc3C2)C1. The molecule has 120 valence electrons. The molecule has 0 radical (unpaired) electrons. The predicted molar refractivity (Wildman–Crippen MR) is 89.9 cm³/mol. The van der Waals surface area contributed by atoms with Crippen molar-refractivity contribution in [3.05, 3.63) is 35.4 Å². The van der Waals surface area contributed by atoms with Gasteiger partial charge in [0, 0.05) is 25.7 Å². The third-order valence-electron chi connectivity index (χ3n) is 5.42. The molecule has 3 heteroatoms. The first kappa shape index (κ1) is 15.5. The molecule has 1 heterocycles. The summed E-state index contributed by atoms with van der Waals surface area (Å²) >= 11 is 0. The van der Waals surface area contributed by atoms with Gasteiger partial charge in [-0.2, -0.15) is 0 Å². The number of amides is 1. The lowest BCUT2D eigenvalue weighted by molar-refractivity contribution is -0.137. The smallest absolute Gasteiger partial charge is 0.226 e. The number of hydrogen-bond acceptors (Lipinski definition) is 2. The lowest BCUT2D eigenvalue weighted by atomic mass is 9.94. The van der Waals surface area contributed by atoms with Crippen LogP contribution in [0.5, 0.6) is 0 Å². The van der Waals surface area contributed by atoms with E-state index in [-0.39, 0.29) is 5.92 Å². The van der Waals surface area contributed by atoms with Gasteiger partial charge in [-0.15, -0.1) is 0 Å². The highest BCUT2D eigenvalue weighted by Crippen LogP contribution is 2.29. The molecule has 1 saturated heterocycles. The summed E-state index contributed by atoms with van der Waals surface area (Å²) in [6.45, 7) is 7.93. The van der Waals surface area contributed by atoms with E-state index in [1.54, 1.807) is 0 Å². The minimum atomic E-state index is 0.206. The third kappa shape index (κ3) is 3.05. The molecular weight excluding hydrogens is 272 g/mol. The molecule has 0 N–H and O–H groups in total. The molecule has 3 rings (SSSR count). The van der Waals surface area contributed by atoms with Crippen molar-refractivity contribution < 1.29 is 4.79 Å². The molecule has 22 heavy (non-hydrogen) atoms. The second-order valence-corrected chi connectivity index (χ2v) is 6.68. The zero-order valence-electron chi connectivity index (χ0n) is 13.9. The third-order valence-corrected chi connectivity index (χ3v) is 5.42. The van der Waals surface area contributed by atoms with Crippen LogP contribution in [-0.4, -0.2) is 47.9 Å². The fourth-order valence-corrected chi connectivity index (χ4v) is 4.13. The van der Waals surface area contributed by atoms with E-state index < -0.39 is 0 Å². The van der Waals surface area contributed by atoms with E-state index in [0.717, 1.165) is 51.9 Å². The van der Waals surface area contributed by atoms with Gasteiger partial charge in [-0.3, -0.25) is 9.69 Å². The summed E-state index contributed by atoms with van der Waals surface area (Å²) < 4.78 is 0. The molecule has 1 aliphatic carbocycles. The predicted octanol–water partition coefficient (Wildman–Crippen LogP) is 2.73. The van der Waals surface area contributed by atoms with Crippen LogP contribution in [0.25, 0.3) is 0 Å². The molecule has 0 saturated carbocycles. The Bertz CT molecular complexity index is 499. The number of fused-ring (bicyclic) bond motifs is 1. The molecule has 1 fully saturated rings. The fourth-order valence-electron chi connectivity index (χ4n) is 4.13. The highest BCUT2D eigenvalue weighted by atomic mass is 16.2. The Morgan fingerprint density at radius 2 is 1.82 bits per heavy atom. The zero-order chi connectivity index (χ0) is 15.5. The van der Waals surface area contributed by atoms with Gasteiger partial charge in [-0.1, -0.05) is 24.3 Å². The standard InChI is InChI=1S/C19H28N2O/c1-3-20(4-2)19(22)17-10-7-11-21(14-17)18-12-15-8-5-6-9-16(15)13-18/h5-6,8-9,17-18H,3-4,7,10-14H2,1-2H3. The molecule has 1 aromatic carbocycles. The van der Waals surface area contributed by atoms with Gasteiger partial charge in [0.05, 0.1) is 5.92 Å². The highest BCUT2D eigenvalue weighted by Gasteiger charge is 2.33. The maximum absolute atomic E-state index is 12.6. The van der Waals surface area contributed by atoms with Crippen LogP contribution in [0.1, 0.15) is 37.8 Å². The van der Waals surface area contributed by atoms with Crippen LogP contribution in [0, 0.1) is 5.92 Å². The van der Waals surface area contributed by atoms with E-state index >= 15 is 0 Å². The van der Waals surface area contributed by atoms with Crippen molar-refractivity contribution in [2.75, 3.05) is 26.2 Å². The Morgan fingerprint density at radius 3 is 2.41 bits per heavy atom. The Morgan fingerprint density at radius 1 is 1.18 bits per heavy atom. The first-order valence-corrected chi connectivity index (χ1v) is 8.82. The van der Waals surface area contributed by atoms with E-state index in [1.807, 2.05) is 4.90 Å². The Hall–Kier alpha value is -1.35. The van der Waals surface area contributed by atoms with Crippen LogP contribution in [0.15, 0.2) is 24.3 Å². The quantitative estimate of drug-likeness (QED) is 0.853. The van der Waals surface area contributed by atoms with Crippen molar-refractivity contribution in [1.29, 1.82) is 0 Å². The van der Waals surface area contributed by atoms with E-state index in [4.69, 9.17) is 0 Å². The van der Waals surface area contributed by atoms with E-state index in [1.165, 1.54) is 11.1 Å². The normalized spacial score (nSPS) is 22.5. The van der Waals surface area contributed by atoms with Crippen molar-refractivity contribution >= 4 is 5.91 Å². The monoisotopic (exact) mass is 300 g/mol. The number of carbonyl (C=O) groups is 1. The molecule has 1 unspecified atom stereocenters. The number of piperidine rings is 1. The van der Waals surface area contributed by atoms with Crippen molar-refractivity contribution in [2.24, 2.45) is 5.92 Å². The summed E-state index contributed by atoms with van der Waals surface area (Å²) in [5.41, 5.74) is 3.01. The summed E-state index contributed by atoms with van der Waals surface area (Å²) in [7, 11) is 0. The van der Waals surface area contributed by atoms with Crippen LogP contribution in [-0.2, 0) is 17.6 Å². The Kier molecular flexibility index (Phi) is 4.82.